The summed E-state index contributed by atoms with van der Waals surface area (Å²) in [5, 5.41) is 13.6. The van der Waals surface area contributed by atoms with Gasteiger partial charge < -0.3 is 5.32 Å². The van der Waals surface area contributed by atoms with E-state index in [-0.39, 0.29) is 17.8 Å². The maximum atomic E-state index is 14.2. The summed E-state index contributed by atoms with van der Waals surface area (Å²) < 4.78 is 16.0. The van der Waals surface area contributed by atoms with Gasteiger partial charge in [-0.25, -0.2) is 9.37 Å². The van der Waals surface area contributed by atoms with Crippen LogP contribution in [0, 0.1) is 5.82 Å². The van der Waals surface area contributed by atoms with Crippen molar-refractivity contribution < 1.29 is 9.18 Å². The minimum atomic E-state index is -0.408. The monoisotopic (exact) mass is 391 g/mol. The summed E-state index contributed by atoms with van der Waals surface area (Å²) in [5.41, 5.74) is 0.389. The zero-order chi connectivity index (χ0) is 18.7. The van der Waals surface area contributed by atoms with Gasteiger partial charge in [0.25, 0.3) is 0 Å². The van der Waals surface area contributed by atoms with Gasteiger partial charge in [-0.2, -0.15) is 0 Å². The second kappa shape index (κ2) is 7.96. The third-order valence-corrected chi connectivity index (χ3v) is 5.35. The molecule has 0 radical (unpaired) electrons. The molecule has 0 fully saturated rings. The fourth-order valence-corrected chi connectivity index (χ4v) is 3.87. The number of nitrogens with zero attached hydrogens (tertiary/aromatic N) is 4. The molecule has 26 heavy (non-hydrogen) atoms. The molecule has 0 aliphatic rings. The lowest BCUT2D eigenvalue weighted by Gasteiger charge is -2.16. The van der Waals surface area contributed by atoms with E-state index in [9.17, 15) is 9.18 Å². The Morgan fingerprint density at radius 2 is 2.04 bits per heavy atom. The van der Waals surface area contributed by atoms with E-state index in [4.69, 9.17) is 0 Å². The van der Waals surface area contributed by atoms with E-state index < -0.39 is 5.25 Å². The number of carbonyl (C=O) groups excluding carboxylic acids is 1. The third kappa shape index (κ3) is 3.94. The van der Waals surface area contributed by atoms with Gasteiger partial charge in [-0.15, -0.1) is 21.5 Å². The number of rotatable bonds is 6. The molecule has 1 unspecified atom stereocenters. The van der Waals surface area contributed by atoms with Crippen molar-refractivity contribution in [2.45, 2.75) is 37.2 Å². The van der Waals surface area contributed by atoms with Crippen LogP contribution >= 0.6 is 23.1 Å². The quantitative estimate of drug-likeness (QED) is 0.636. The number of thioether (sulfide) groups is 1. The number of aromatic nitrogens is 4. The fraction of sp³-hybridized carbons (Fsp3) is 0.294. The van der Waals surface area contributed by atoms with E-state index in [0.717, 1.165) is 0 Å². The average molecular weight is 391 g/mol. The van der Waals surface area contributed by atoms with Gasteiger partial charge in [-0.1, -0.05) is 23.9 Å². The topological polar surface area (TPSA) is 72.7 Å². The molecule has 1 atom stereocenters. The van der Waals surface area contributed by atoms with Gasteiger partial charge in [0.15, 0.2) is 16.1 Å². The molecule has 9 heteroatoms. The Balaban J connectivity index is 1.84. The number of nitrogens with one attached hydrogen (secondary N) is 1. The lowest BCUT2D eigenvalue weighted by molar-refractivity contribution is -0.115. The number of hydrogen-bond acceptors (Lipinski definition) is 6. The molecule has 0 bridgehead atoms. The average Bonchev–Trinajstić information content (AvgIpc) is 3.25. The Labute approximate surface area is 158 Å². The van der Waals surface area contributed by atoms with E-state index >= 15 is 0 Å². The maximum absolute atomic E-state index is 14.2. The Kier molecular flexibility index (Phi) is 5.67. The van der Waals surface area contributed by atoms with Crippen molar-refractivity contribution in [2.75, 3.05) is 5.32 Å². The Hall–Kier alpha value is -2.26. The molecule has 3 rings (SSSR count). The minimum Gasteiger partial charge on any atom is -0.301 e. The van der Waals surface area contributed by atoms with E-state index in [2.05, 4.69) is 20.5 Å². The normalized spacial score (nSPS) is 12.3. The molecular formula is C17H18FN5OS2. The zero-order valence-electron chi connectivity index (χ0n) is 14.5. The number of thiazole rings is 1. The molecule has 1 aromatic carbocycles. The summed E-state index contributed by atoms with van der Waals surface area (Å²) in [7, 11) is 0. The largest absolute Gasteiger partial charge is 0.301 e. The highest BCUT2D eigenvalue weighted by Crippen LogP contribution is 2.31. The van der Waals surface area contributed by atoms with Crippen molar-refractivity contribution >= 4 is 34.1 Å². The summed E-state index contributed by atoms with van der Waals surface area (Å²) in [6, 6.07) is 6.47. The van der Waals surface area contributed by atoms with Crippen LogP contribution < -0.4 is 5.32 Å². The van der Waals surface area contributed by atoms with Crippen LogP contribution in [0.5, 0.6) is 0 Å². The minimum absolute atomic E-state index is 0.0105. The molecule has 0 saturated carbocycles. The summed E-state index contributed by atoms with van der Waals surface area (Å²) in [6.07, 6.45) is 1.63. The standard InChI is InChI=1S/C17H18FN5OS2/c1-10(2)23-14(12-6-4-5-7-13(12)18)21-22-17(23)26-11(3)15(24)20-16-19-8-9-25-16/h4-11H,1-3H3,(H,19,20,24). The summed E-state index contributed by atoms with van der Waals surface area (Å²) in [4.78, 5) is 16.4. The van der Waals surface area contributed by atoms with E-state index in [1.807, 2.05) is 18.4 Å². The zero-order valence-corrected chi connectivity index (χ0v) is 16.1. The second-order valence-electron chi connectivity index (χ2n) is 5.84. The van der Waals surface area contributed by atoms with Gasteiger partial charge in [-0.05, 0) is 32.9 Å². The van der Waals surface area contributed by atoms with Crippen molar-refractivity contribution in [2.24, 2.45) is 0 Å². The van der Waals surface area contributed by atoms with Gasteiger partial charge in [0.05, 0.1) is 10.8 Å². The van der Waals surface area contributed by atoms with Crippen LogP contribution in [-0.4, -0.2) is 30.9 Å². The van der Waals surface area contributed by atoms with E-state index in [1.54, 1.807) is 36.7 Å². The van der Waals surface area contributed by atoms with Gasteiger partial charge in [0.2, 0.25) is 5.91 Å². The number of anilines is 1. The highest BCUT2D eigenvalue weighted by molar-refractivity contribution is 8.00. The van der Waals surface area contributed by atoms with Crippen LogP contribution in [0.1, 0.15) is 26.8 Å². The molecule has 2 aromatic heterocycles. The highest BCUT2D eigenvalue weighted by atomic mass is 32.2. The van der Waals surface area contributed by atoms with Gasteiger partial charge >= 0.3 is 0 Å². The SMILES string of the molecule is CC(Sc1nnc(-c2ccccc2F)n1C(C)C)C(=O)Nc1nccs1. The molecule has 0 saturated heterocycles. The first-order valence-electron chi connectivity index (χ1n) is 8.04. The molecule has 2 heterocycles. The number of amides is 1. The molecule has 0 spiro atoms. The predicted molar refractivity (Wildman–Crippen MR) is 102 cm³/mol. The summed E-state index contributed by atoms with van der Waals surface area (Å²) in [5.74, 6) is -0.0725. The van der Waals surface area contributed by atoms with Crippen LogP contribution in [0.3, 0.4) is 0 Å². The number of carbonyl (C=O) groups is 1. The summed E-state index contributed by atoms with van der Waals surface area (Å²) >= 11 is 2.64. The van der Waals surface area contributed by atoms with Crippen molar-refractivity contribution in [3.05, 3.63) is 41.7 Å². The third-order valence-electron chi connectivity index (χ3n) is 3.61. The Morgan fingerprint density at radius 3 is 2.69 bits per heavy atom. The lowest BCUT2D eigenvalue weighted by atomic mass is 10.2. The van der Waals surface area contributed by atoms with Gasteiger partial charge in [0, 0.05) is 17.6 Å². The molecule has 3 aromatic rings. The molecule has 6 nitrogen and oxygen atoms in total. The van der Waals surface area contributed by atoms with Gasteiger partial charge in [-0.3, -0.25) is 9.36 Å². The molecule has 0 aliphatic heterocycles. The number of benzene rings is 1. The molecular weight excluding hydrogens is 373 g/mol. The van der Waals surface area contributed by atoms with Crippen LogP contribution in [0.2, 0.25) is 0 Å². The molecule has 0 aliphatic carbocycles. The number of halogens is 1. The maximum Gasteiger partial charge on any atom is 0.239 e. The summed E-state index contributed by atoms with van der Waals surface area (Å²) in [6.45, 7) is 5.73. The van der Waals surface area contributed by atoms with Crippen molar-refractivity contribution in [3.63, 3.8) is 0 Å². The van der Waals surface area contributed by atoms with Crippen molar-refractivity contribution in [1.29, 1.82) is 0 Å². The first kappa shape index (κ1) is 18.5. The first-order valence-corrected chi connectivity index (χ1v) is 9.80. The smallest absolute Gasteiger partial charge is 0.239 e. The van der Waals surface area contributed by atoms with Crippen LogP contribution in [-0.2, 0) is 4.79 Å². The van der Waals surface area contributed by atoms with Crippen LogP contribution in [0.25, 0.3) is 11.4 Å². The Bertz CT molecular complexity index is 894. The lowest BCUT2D eigenvalue weighted by Crippen LogP contribution is -2.23. The fourth-order valence-electron chi connectivity index (χ4n) is 2.35. The predicted octanol–water partition coefficient (Wildman–Crippen LogP) is 4.24. The molecule has 1 amide bonds. The van der Waals surface area contributed by atoms with Crippen molar-refractivity contribution in [1.82, 2.24) is 19.7 Å². The highest BCUT2D eigenvalue weighted by Gasteiger charge is 2.23. The van der Waals surface area contributed by atoms with E-state index in [1.165, 1.54) is 29.2 Å². The second-order valence-corrected chi connectivity index (χ2v) is 8.04. The van der Waals surface area contributed by atoms with Crippen LogP contribution in [0.15, 0.2) is 41.0 Å². The molecule has 1 N–H and O–H groups in total. The van der Waals surface area contributed by atoms with Crippen LogP contribution in [0.4, 0.5) is 9.52 Å². The van der Waals surface area contributed by atoms with Crippen molar-refractivity contribution in [3.8, 4) is 11.4 Å². The molecule has 136 valence electrons. The van der Waals surface area contributed by atoms with E-state index in [0.29, 0.717) is 21.7 Å². The number of hydrogen-bond donors (Lipinski definition) is 1. The van der Waals surface area contributed by atoms with Gasteiger partial charge in [0.1, 0.15) is 5.82 Å². The Morgan fingerprint density at radius 1 is 1.27 bits per heavy atom. The first-order chi connectivity index (χ1) is 12.5.